The molecule has 3 aromatic heterocycles. The number of nitrogens with one attached hydrogen (secondary N) is 1. The summed E-state index contributed by atoms with van der Waals surface area (Å²) in [6, 6.07) is 6.30. The zero-order valence-corrected chi connectivity index (χ0v) is 28.9. The van der Waals surface area contributed by atoms with Gasteiger partial charge in [-0.25, -0.2) is 14.5 Å². The number of pyridine rings is 1. The van der Waals surface area contributed by atoms with Crippen LogP contribution >= 0.6 is 23.5 Å². The number of ether oxygens (including phenoxy) is 3. The van der Waals surface area contributed by atoms with E-state index in [0.29, 0.717) is 37.0 Å². The van der Waals surface area contributed by atoms with Gasteiger partial charge < -0.3 is 19.1 Å². The van der Waals surface area contributed by atoms with E-state index in [-0.39, 0.29) is 60.2 Å². The van der Waals surface area contributed by atoms with Crippen LogP contribution in [0.5, 0.6) is 5.88 Å². The molecule has 2 amide bonds. The lowest BCUT2D eigenvalue weighted by atomic mass is 10.0. The zero-order chi connectivity index (χ0) is 34.9. The Balaban J connectivity index is 1.05. The Labute approximate surface area is 285 Å². The molecule has 2 fully saturated rings. The number of alkyl halides is 3. The normalized spacial score (nSPS) is 18.5. The fourth-order valence-corrected chi connectivity index (χ4v) is 6.15. The van der Waals surface area contributed by atoms with Gasteiger partial charge in [0, 0.05) is 35.9 Å². The summed E-state index contributed by atoms with van der Waals surface area (Å²) in [6.07, 6.45) is -0.608. The summed E-state index contributed by atoms with van der Waals surface area (Å²) in [5, 5.41) is 9.14. The molecule has 2 aliphatic rings. The van der Waals surface area contributed by atoms with E-state index in [4.69, 9.17) is 25.8 Å². The molecule has 262 valence electrons. The molecule has 12 nitrogen and oxygen atoms in total. The third kappa shape index (κ3) is 8.74. The fourth-order valence-electron chi connectivity index (χ4n) is 5.33. The Bertz CT molecular complexity index is 1620. The van der Waals surface area contributed by atoms with Crippen molar-refractivity contribution in [3.05, 3.63) is 47.4 Å². The largest absolute Gasteiger partial charge is 0.477 e. The summed E-state index contributed by atoms with van der Waals surface area (Å²) in [6.45, 7) is 10.7. The molecule has 17 heteroatoms. The van der Waals surface area contributed by atoms with Gasteiger partial charge in [-0.3, -0.25) is 14.2 Å². The maximum Gasteiger partial charge on any atom is 0.410 e. The number of halogens is 4. The first-order chi connectivity index (χ1) is 22.4. The number of likely N-dealkylation sites (tertiary alicyclic amines) is 1. The molecular formula is C31H39ClF3N7O5S. The summed E-state index contributed by atoms with van der Waals surface area (Å²) in [5.41, 5.74) is -2.48. The standard InChI is InChI=1S/C31H39ClF3N7O5S/c1-28(2,3)47-27(44)41-19-20(18-29(41,4)5)45-17-15-40-13-9-24(38-40)48-39-26(43)21-6-7-22(36-25(21)32)42-14-8-23(37-42)46-16-12-30(10-11-30)31(33,34)35/h6-9,13-14,20H,10-12,15-19H2,1-5H3,(H,39,43). The number of amides is 2. The molecule has 0 spiro atoms. The topological polar surface area (TPSA) is 126 Å². The second kappa shape index (κ2) is 13.8. The van der Waals surface area contributed by atoms with Gasteiger partial charge in [0.15, 0.2) is 5.82 Å². The van der Waals surface area contributed by atoms with E-state index in [2.05, 4.69) is 19.9 Å². The molecule has 1 aliphatic carbocycles. The van der Waals surface area contributed by atoms with Gasteiger partial charge in [-0.2, -0.15) is 18.3 Å². The van der Waals surface area contributed by atoms with E-state index < -0.39 is 23.1 Å². The van der Waals surface area contributed by atoms with Gasteiger partial charge in [-0.1, -0.05) is 11.6 Å². The minimum absolute atomic E-state index is 0.0626. The van der Waals surface area contributed by atoms with Crippen LogP contribution < -0.4 is 9.46 Å². The highest BCUT2D eigenvalue weighted by molar-refractivity contribution is 7.97. The summed E-state index contributed by atoms with van der Waals surface area (Å²) < 4.78 is 62.2. The molecule has 4 heterocycles. The average molecular weight is 714 g/mol. The van der Waals surface area contributed by atoms with Crippen LogP contribution in [0.3, 0.4) is 0 Å². The van der Waals surface area contributed by atoms with E-state index >= 15 is 0 Å². The van der Waals surface area contributed by atoms with Crippen molar-refractivity contribution in [3.63, 3.8) is 0 Å². The Morgan fingerprint density at radius 2 is 1.83 bits per heavy atom. The molecule has 1 saturated carbocycles. The zero-order valence-electron chi connectivity index (χ0n) is 27.3. The highest BCUT2D eigenvalue weighted by atomic mass is 35.5. The second-order valence-corrected chi connectivity index (χ2v) is 14.7. The Hall–Kier alpha value is -3.50. The summed E-state index contributed by atoms with van der Waals surface area (Å²) in [4.78, 5) is 31.4. The number of carbonyl (C=O) groups excluding carboxylic acids is 2. The lowest BCUT2D eigenvalue weighted by Crippen LogP contribution is -2.45. The number of aromatic nitrogens is 5. The third-order valence-corrected chi connectivity index (χ3v) is 9.16. The molecule has 1 saturated heterocycles. The van der Waals surface area contributed by atoms with Crippen molar-refractivity contribution in [1.82, 2.24) is 34.2 Å². The van der Waals surface area contributed by atoms with Gasteiger partial charge in [0.25, 0.3) is 5.91 Å². The van der Waals surface area contributed by atoms with Gasteiger partial charge >= 0.3 is 12.3 Å². The van der Waals surface area contributed by atoms with Crippen molar-refractivity contribution in [1.29, 1.82) is 0 Å². The predicted molar refractivity (Wildman–Crippen MR) is 171 cm³/mol. The third-order valence-electron chi connectivity index (χ3n) is 8.16. The van der Waals surface area contributed by atoms with Crippen LogP contribution in [0, 0.1) is 5.41 Å². The van der Waals surface area contributed by atoms with Crippen molar-refractivity contribution in [3.8, 4) is 11.7 Å². The number of hydrogen-bond donors (Lipinski definition) is 1. The van der Waals surface area contributed by atoms with Crippen LogP contribution in [-0.2, 0) is 16.0 Å². The minimum Gasteiger partial charge on any atom is -0.477 e. The van der Waals surface area contributed by atoms with Crippen LogP contribution in [0.1, 0.15) is 70.7 Å². The molecule has 5 rings (SSSR count). The first-order valence-electron chi connectivity index (χ1n) is 15.5. The van der Waals surface area contributed by atoms with E-state index in [0.717, 1.165) is 11.9 Å². The van der Waals surface area contributed by atoms with Crippen molar-refractivity contribution in [2.75, 3.05) is 19.8 Å². The molecule has 1 atom stereocenters. The number of hydrogen-bond acceptors (Lipinski definition) is 9. The van der Waals surface area contributed by atoms with Crippen LogP contribution in [0.2, 0.25) is 5.15 Å². The Morgan fingerprint density at radius 1 is 1.08 bits per heavy atom. The van der Waals surface area contributed by atoms with Gasteiger partial charge in [-0.15, -0.1) is 5.10 Å². The lowest BCUT2D eigenvalue weighted by molar-refractivity contribution is -0.190. The minimum atomic E-state index is -4.23. The van der Waals surface area contributed by atoms with Gasteiger partial charge in [0.1, 0.15) is 15.8 Å². The maximum absolute atomic E-state index is 13.1. The van der Waals surface area contributed by atoms with Crippen molar-refractivity contribution in [2.45, 2.75) is 95.3 Å². The van der Waals surface area contributed by atoms with E-state index in [1.165, 1.54) is 29.1 Å². The highest BCUT2D eigenvalue weighted by Gasteiger charge is 2.62. The maximum atomic E-state index is 13.1. The molecule has 0 aromatic carbocycles. The summed E-state index contributed by atoms with van der Waals surface area (Å²) >= 11 is 7.33. The second-order valence-electron chi connectivity index (χ2n) is 13.5. The molecule has 3 aromatic rings. The first-order valence-corrected chi connectivity index (χ1v) is 16.7. The smallest absolute Gasteiger partial charge is 0.410 e. The summed E-state index contributed by atoms with van der Waals surface area (Å²) in [7, 11) is 0. The Kier molecular flexibility index (Phi) is 10.3. The van der Waals surface area contributed by atoms with Crippen LogP contribution in [0.25, 0.3) is 5.82 Å². The molecule has 1 unspecified atom stereocenters. The van der Waals surface area contributed by atoms with Crippen LogP contribution in [0.15, 0.2) is 41.7 Å². The number of nitrogens with zero attached hydrogens (tertiary/aromatic N) is 6. The average Bonchev–Trinajstić information content (AvgIpc) is 3.28. The summed E-state index contributed by atoms with van der Waals surface area (Å²) in [5.74, 6) is -0.0291. The molecule has 0 bridgehead atoms. The molecule has 0 radical (unpaired) electrons. The van der Waals surface area contributed by atoms with Gasteiger partial charge in [-0.05, 0) is 78.5 Å². The quantitative estimate of drug-likeness (QED) is 0.166. The van der Waals surface area contributed by atoms with Crippen molar-refractivity contribution < 1.29 is 37.0 Å². The molecule has 1 N–H and O–H groups in total. The molecule has 1 aliphatic heterocycles. The SMILES string of the molecule is CC(C)(C)OC(=O)N1CC(OCCn2ccc(SNC(=O)c3ccc(-n4ccc(OCCC5(C(F)(F)F)CC5)n4)nc3Cl)n2)CC1(C)C. The predicted octanol–water partition coefficient (Wildman–Crippen LogP) is 6.47. The van der Waals surface area contributed by atoms with Crippen molar-refractivity contribution in [2.24, 2.45) is 5.41 Å². The first kappa shape index (κ1) is 35.8. The highest BCUT2D eigenvalue weighted by Crippen LogP contribution is 2.59. The number of carbonyl (C=O) groups is 2. The van der Waals surface area contributed by atoms with Gasteiger partial charge in [0.2, 0.25) is 5.88 Å². The van der Waals surface area contributed by atoms with Gasteiger partial charge in [0.05, 0.1) is 43.4 Å². The van der Waals surface area contributed by atoms with Crippen molar-refractivity contribution >= 4 is 35.5 Å². The van der Waals surface area contributed by atoms with E-state index in [9.17, 15) is 22.8 Å². The number of rotatable bonds is 12. The molecular weight excluding hydrogens is 675 g/mol. The van der Waals surface area contributed by atoms with Crippen LogP contribution in [0.4, 0.5) is 18.0 Å². The van der Waals surface area contributed by atoms with E-state index in [1.54, 1.807) is 21.8 Å². The Morgan fingerprint density at radius 3 is 2.50 bits per heavy atom. The molecule has 48 heavy (non-hydrogen) atoms. The van der Waals surface area contributed by atoms with E-state index in [1.807, 2.05) is 34.6 Å². The van der Waals surface area contributed by atoms with Crippen LogP contribution in [-0.4, -0.2) is 84.6 Å². The lowest BCUT2D eigenvalue weighted by Gasteiger charge is -2.33. The fraction of sp³-hybridized carbons (Fsp3) is 0.581. The monoisotopic (exact) mass is 713 g/mol.